The Morgan fingerprint density at radius 3 is 2.88 bits per heavy atom. The maximum absolute atomic E-state index is 11.5. The summed E-state index contributed by atoms with van der Waals surface area (Å²) in [5.74, 6) is 1.91. The molecule has 0 amide bonds. The minimum atomic E-state index is -1.16. The predicted molar refractivity (Wildman–Crippen MR) is 123 cm³/mol. The third-order valence-electron chi connectivity index (χ3n) is 6.42. The van der Waals surface area contributed by atoms with Crippen LogP contribution in [-0.2, 0) is 16.9 Å². The molecule has 174 valence electrons. The number of methoxy groups -OCH3 is 1. The Labute approximate surface area is 192 Å². The highest BCUT2D eigenvalue weighted by Crippen LogP contribution is 2.37. The van der Waals surface area contributed by atoms with Crippen molar-refractivity contribution in [2.24, 2.45) is 0 Å². The van der Waals surface area contributed by atoms with Crippen molar-refractivity contribution in [3.8, 4) is 17.4 Å². The van der Waals surface area contributed by atoms with Crippen LogP contribution in [0.5, 0.6) is 17.4 Å². The fourth-order valence-electron chi connectivity index (χ4n) is 4.53. The van der Waals surface area contributed by atoms with Crippen LogP contribution in [0.25, 0.3) is 10.9 Å². The van der Waals surface area contributed by atoms with Crippen LogP contribution in [-0.4, -0.2) is 54.2 Å². The van der Waals surface area contributed by atoms with Crippen LogP contribution in [0.15, 0.2) is 42.6 Å². The normalized spacial score (nSPS) is 22.0. The van der Waals surface area contributed by atoms with E-state index >= 15 is 0 Å². The van der Waals surface area contributed by atoms with E-state index in [0.29, 0.717) is 43.7 Å². The monoisotopic (exact) mass is 451 g/mol. The van der Waals surface area contributed by atoms with E-state index in [1.54, 1.807) is 13.3 Å². The Balaban J connectivity index is 1.23. The minimum Gasteiger partial charge on any atom is -0.495 e. The minimum absolute atomic E-state index is 0.182. The van der Waals surface area contributed by atoms with E-state index in [4.69, 9.17) is 18.9 Å². The number of fused-ring (bicyclic) bond motifs is 2. The third kappa shape index (κ3) is 4.46. The van der Waals surface area contributed by atoms with Gasteiger partial charge in [-0.2, -0.15) is 0 Å². The van der Waals surface area contributed by atoms with Crippen molar-refractivity contribution in [3.63, 3.8) is 0 Å². The van der Waals surface area contributed by atoms with Gasteiger partial charge >= 0.3 is 0 Å². The van der Waals surface area contributed by atoms with Crippen LogP contribution in [0.3, 0.4) is 0 Å². The first-order valence-electron chi connectivity index (χ1n) is 11.3. The first-order chi connectivity index (χ1) is 16.0. The second-order valence-corrected chi connectivity index (χ2v) is 8.67. The van der Waals surface area contributed by atoms with Crippen LogP contribution in [0.1, 0.15) is 31.0 Å². The maximum Gasteiger partial charge on any atom is 0.257 e. The zero-order valence-corrected chi connectivity index (χ0v) is 18.9. The summed E-state index contributed by atoms with van der Waals surface area (Å²) < 4.78 is 22.6. The van der Waals surface area contributed by atoms with Crippen LogP contribution in [0.4, 0.5) is 0 Å². The highest BCUT2D eigenvalue weighted by molar-refractivity contribution is 5.84. The molecule has 2 aliphatic heterocycles. The Kier molecular flexibility index (Phi) is 6.05. The van der Waals surface area contributed by atoms with Gasteiger partial charge in [0.1, 0.15) is 24.6 Å². The SMILES string of the molecule is COc1cnc2cccc(C(C)(O)[C@@H]3CC[C@@H](NCc4ccc5c(n4)OCCO5)CO3)c2c1. The van der Waals surface area contributed by atoms with Crippen molar-refractivity contribution in [1.29, 1.82) is 0 Å². The number of rotatable bonds is 6. The fourth-order valence-corrected chi connectivity index (χ4v) is 4.53. The number of aromatic nitrogens is 2. The number of nitrogens with zero attached hydrogens (tertiary/aromatic N) is 2. The molecule has 2 aromatic heterocycles. The molecule has 0 spiro atoms. The van der Waals surface area contributed by atoms with Gasteiger partial charge in [-0.05, 0) is 49.6 Å². The standard InChI is InChI=1S/C25H29N3O5/c1-25(29,20-4-3-5-21-19(20)12-18(30-2)14-27-21)23-9-7-17(15-33-23)26-13-16-6-8-22-24(28-16)32-11-10-31-22/h3-6,8,12,14,17,23,26,29H,7,9-11,13,15H2,1-2H3/t17-,23+,25?/m1/s1. The van der Waals surface area contributed by atoms with Crippen LogP contribution < -0.4 is 19.5 Å². The van der Waals surface area contributed by atoms with Crippen molar-refractivity contribution in [2.75, 3.05) is 26.9 Å². The largest absolute Gasteiger partial charge is 0.495 e. The zero-order chi connectivity index (χ0) is 22.8. The molecule has 1 aromatic carbocycles. The Morgan fingerprint density at radius 1 is 1.18 bits per heavy atom. The van der Waals surface area contributed by atoms with Gasteiger partial charge in [-0.1, -0.05) is 12.1 Å². The van der Waals surface area contributed by atoms with Crippen LogP contribution in [0.2, 0.25) is 0 Å². The molecule has 33 heavy (non-hydrogen) atoms. The summed E-state index contributed by atoms with van der Waals surface area (Å²) >= 11 is 0. The van der Waals surface area contributed by atoms with E-state index in [1.807, 2.05) is 43.3 Å². The summed E-state index contributed by atoms with van der Waals surface area (Å²) in [6.07, 6.45) is 2.98. The molecule has 3 aromatic rings. The van der Waals surface area contributed by atoms with Gasteiger partial charge in [-0.25, -0.2) is 4.98 Å². The van der Waals surface area contributed by atoms with Gasteiger partial charge in [0, 0.05) is 18.0 Å². The lowest BCUT2D eigenvalue weighted by molar-refractivity contribution is -0.128. The molecule has 3 atom stereocenters. The van der Waals surface area contributed by atoms with E-state index < -0.39 is 5.60 Å². The van der Waals surface area contributed by atoms with E-state index in [2.05, 4.69) is 15.3 Å². The summed E-state index contributed by atoms with van der Waals surface area (Å²) in [5.41, 5.74) is 1.35. The second-order valence-electron chi connectivity index (χ2n) is 8.67. The quantitative estimate of drug-likeness (QED) is 0.591. The molecule has 1 saturated heterocycles. The predicted octanol–water partition coefficient (Wildman–Crippen LogP) is 2.95. The molecular formula is C25H29N3O5. The number of hydrogen-bond acceptors (Lipinski definition) is 8. The Hall–Kier alpha value is -2.94. The first kappa shape index (κ1) is 21.9. The summed E-state index contributed by atoms with van der Waals surface area (Å²) in [6, 6.07) is 11.7. The smallest absolute Gasteiger partial charge is 0.257 e. The summed E-state index contributed by atoms with van der Waals surface area (Å²) in [5, 5.41) is 15.9. The lowest BCUT2D eigenvalue weighted by Crippen LogP contribution is -2.47. The molecule has 2 N–H and O–H groups in total. The lowest BCUT2D eigenvalue weighted by Gasteiger charge is -2.39. The average Bonchev–Trinajstić information content (AvgIpc) is 2.86. The summed E-state index contributed by atoms with van der Waals surface area (Å²) in [7, 11) is 1.61. The van der Waals surface area contributed by atoms with Gasteiger partial charge in [0.25, 0.3) is 5.88 Å². The summed E-state index contributed by atoms with van der Waals surface area (Å²) in [6.45, 7) is 4.02. The van der Waals surface area contributed by atoms with Crippen molar-refractivity contribution >= 4 is 10.9 Å². The maximum atomic E-state index is 11.5. The fraction of sp³-hybridized carbons (Fsp3) is 0.440. The molecule has 4 heterocycles. The lowest BCUT2D eigenvalue weighted by atomic mass is 9.83. The Morgan fingerprint density at radius 2 is 2.06 bits per heavy atom. The van der Waals surface area contributed by atoms with Gasteiger partial charge in [0.2, 0.25) is 0 Å². The van der Waals surface area contributed by atoms with Gasteiger partial charge in [-0.15, -0.1) is 0 Å². The molecule has 8 nitrogen and oxygen atoms in total. The Bertz CT molecular complexity index is 1130. The van der Waals surface area contributed by atoms with Gasteiger partial charge in [-0.3, -0.25) is 4.98 Å². The van der Waals surface area contributed by atoms with E-state index in [-0.39, 0.29) is 12.1 Å². The van der Waals surface area contributed by atoms with Gasteiger partial charge < -0.3 is 29.4 Å². The average molecular weight is 452 g/mol. The van der Waals surface area contributed by atoms with Crippen molar-refractivity contribution < 1.29 is 24.1 Å². The first-order valence-corrected chi connectivity index (χ1v) is 11.3. The number of hydrogen-bond donors (Lipinski definition) is 2. The van der Waals surface area contributed by atoms with E-state index in [9.17, 15) is 5.11 Å². The molecule has 0 radical (unpaired) electrons. The van der Waals surface area contributed by atoms with E-state index in [0.717, 1.165) is 35.0 Å². The third-order valence-corrected chi connectivity index (χ3v) is 6.42. The number of nitrogens with one attached hydrogen (secondary N) is 1. The van der Waals surface area contributed by atoms with Gasteiger partial charge in [0.15, 0.2) is 5.75 Å². The topological polar surface area (TPSA) is 95.0 Å². The highest BCUT2D eigenvalue weighted by atomic mass is 16.6. The molecular weight excluding hydrogens is 422 g/mol. The number of aliphatic hydroxyl groups is 1. The molecule has 0 saturated carbocycles. The molecule has 8 heteroatoms. The van der Waals surface area contributed by atoms with Crippen molar-refractivity contribution in [2.45, 2.75) is 44.1 Å². The van der Waals surface area contributed by atoms with Crippen LogP contribution in [0, 0.1) is 0 Å². The summed E-state index contributed by atoms with van der Waals surface area (Å²) in [4.78, 5) is 8.98. The molecule has 2 aliphatic rings. The second kappa shape index (κ2) is 9.13. The zero-order valence-electron chi connectivity index (χ0n) is 18.9. The highest BCUT2D eigenvalue weighted by Gasteiger charge is 2.38. The van der Waals surface area contributed by atoms with Crippen molar-refractivity contribution in [1.82, 2.24) is 15.3 Å². The van der Waals surface area contributed by atoms with Crippen molar-refractivity contribution in [3.05, 3.63) is 53.9 Å². The number of benzene rings is 1. The number of pyridine rings is 2. The molecule has 5 rings (SSSR count). The number of ether oxygens (including phenoxy) is 4. The molecule has 0 bridgehead atoms. The molecule has 1 unspecified atom stereocenters. The molecule has 0 aliphatic carbocycles. The van der Waals surface area contributed by atoms with E-state index in [1.165, 1.54) is 0 Å². The molecule has 1 fully saturated rings. The van der Waals surface area contributed by atoms with Gasteiger partial charge in [0.05, 0.1) is 37.2 Å². The van der Waals surface area contributed by atoms with Crippen LogP contribution >= 0.6 is 0 Å².